The molecule has 122 valence electrons. The fourth-order valence-corrected chi connectivity index (χ4v) is 4.67. The monoisotopic (exact) mass is 314 g/mol. The molecular formula is C16H30N2O2S. The lowest BCUT2D eigenvalue weighted by Gasteiger charge is -2.22. The van der Waals surface area contributed by atoms with Crippen molar-refractivity contribution in [3.63, 3.8) is 0 Å². The number of urea groups is 1. The first-order valence-corrected chi connectivity index (χ1v) is 9.42. The van der Waals surface area contributed by atoms with E-state index in [0.29, 0.717) is 24.0 Å². The van der Waals surface area contributed by atoms with Gasteiger partial charge in [-0.3, -0.25) is 0 Å². The van der Waals surface area contributed by atoms with Gasteiger partial charge in [-0.2, -0.15) is 11.8 Å². The van der Waals surface area contributed by atoms with E-state index in [1.54, 1.807) is 0 Å². The molecule has 1 saturated carbocycles. The molecule has 4 atom stereocenters. The molecule has 0 aromatic heterocycles. The van der Waals surface area contributed by atoms with E-state index in [2.05, 4.69) is 31.4 Å². The Hall–Kier alpha value is -0.420. The molecule has 21 heavy (non-hydrogen) atoms. The first-order chi connectivity index (χ1) is 10.1. The third-order valence-corrected chi connectivity index (χ3v) is 5.80. The zero-order chi connectivity index (χ0) is 15.2. The fourth-order valence-electron chi connectivity index (χ4n) is 3.53. The number of carbonyl (C=O) groups excluding carboxylic acids is 1. The Labute approximate surface area is 133 Å². The zero-order valence-corrected chi connectivity index (χ0v) is 14.4. The Morgan fingerprint density at radius 3 is 2.86 bits per heavy atom. The number of rotatable bonds is 6. The van der Waals surface area contributed by atoms with Crippen LogP contribution in [0, 0.1) is 11.8 Å². The zero-order valence-electron chi connectivity index (χ0n) is 13.6. The molecule has 0 radical (unpaired) electrons. The van der Waals surface area contributed by atoms with Crippen molar-refractivity contribution in [2.75, 3.05) is 18.9 Å². The topological polar surface area (TPSA) is 50.4 Å². The molecule has 0 unspecified atom stereocenters. The lowest BCUT2D eigenvalue weighted by atomic mass is 9.93. The Bertz CT molecular complexity index is 338. The normalized spacial score (nSPS) is 32.6. The van der Waals surface area contributed by atoms with E-state index in [1.807, 2.05) is 11.8 Å². The molecule has 2 N–H and O–H groups in total. The summed E-state index contributed by atoms with van der Waals surface area (Å²) in [6, 6.07) is 0.353. The molecule has 2 aliphatic rings. The Balaban J connectivity index is 1.66. The van der Waals surface area contributed by atoms with Gasteiger partial charge in [0.2, 0.25) is 0 Å². The van der Waals surface area contributed by atoms with Gasteiger partial charge in [-0.05, 0) is 37.4 Å². The third kappa shape index (κ3) is 5.06. The van der Waals surface area contributed by atoms with Crippen LogP contribution in [-0.2, 0) is 4.74 Å². The summed E-state index contributed by atoms with van der Waals surface area (Å²) in [5.74, 6) is 2.15. The number of ether oxygens (including phenoxy) is 1. The first kappa shape index (κ1) is 16.9. The maximum Gasteiger partial charge on any atom is 0.315 e. The van der Waals surface area contributed by atoms with Crippen molar-refractivity contribution in [2.45, 2.75) is 63.9 Å². The van der Waals surface area contributed by atoms with Gasteiger partial charge < -0.3 is 15.4 Å². The molecule has 4 nitrogen and oxygen atoms in total. The highest BCUT2D eigenvalue weighted by atomic mass is 32.2. The minimum atomic E-state index is -0.00319. The van der Waals surface area contributed by atoms with Crippen LogP contribution in [0.1, 0.15) is 46.5 Å². The van der Waals surface area contributed by atoms with E-state index in [1.165, 1.54) is 12.2 Å². The Morgan fingerprint density at radius 1 is 1.33 bits per heavy atom. The lowest BCUT2D eigenvalue weighted by molar-refractivity contribution is 0.0545. The summed E-state index contributed by atoms with van der Waals surface area (Å²) in [6.45, 7) is 8.14. The summed E-state index contributed by atoms with van der Waals surface area (Å²) in [5, 5.41) is 6.91. The predicted molar refractivity (Wildman–Crippen MR) is 88.8 cm³/mol. The second-order valence-corrected chi connectivity index (χ2v) is 8.15. The predicted octanol–water partition coefficient (Wildman–Crippen LogP) is 3.02. The number of carbonyl (C=O) groups is 1. The molecular weight excluding hydrogens is 284 g/mol. The fraction of sp³-hybridized carbons (Fsp3) is 0.938. The summed E-state index contributed by atoms with van der Waals surface area (Å²) in [6.07, 6.45) is 4.82. The largest absolute Gasteiger partial charge is 0.378 e. The molecule has 0 spiro atoms. The van der Waals surface area contributed by atoms with E-state index >= 15 is 0 Å². The molecule has 2 rings (SSSR count). The smallest absolute Gasteiger partial charge is 0.315 e. The van der Waals surface area contributed by atoms with Crippen LogP contribution < -0.4 is 10.6 Å². The summed E-state index contributed by atoms with van der Waals surface area (Å²) in [5.41, 5.74) is 0. The van der Waals surface area contributed by atoms with Crippen molar-refractivity contribution in [1.82, 2.24) is 10.6 Å². The van der Waals surface area contributed by atoms with Crippen LogP contribution in [-0.4, -0.2) is 42.3 Å². The minimum Gasteiger partial charge on any atom is -0.378 e. The van der Waals surface area contributed by atoms with Crippen molar-refractivity contribution < 1.29 is 9.53 Å². The van der Waals surface area contributed by atoms with Crippen molar-refractivity contribution >= 4 is 17.8 Å². The van der Waals surface area contributed by atoms with Gasteiger partial charge >= 0.3 is 6.03 Å². The van der Waals surface area contributed by atoms with Crippen LogP contribution in [0.5, 0.6) is 0 Å². The highest BCUT2D eigenvalue weighted by molar-refractivity contribution is 7.99. The quantitative estimate of drug-likeness (QED) is 0.792. The first-order valence-electron chi connectivity index (χ1n) is 8.37. The number of thioether (sulfide) groups is 1. The molecule has 1 saturated heterocycles. The maximum absolute atomic E-state index is 12.0. The molecule has 5 heteroatoms. The van der Waals surface area contributed by atoms with Gasteiger partial charge in [-0.1, -0.05) is 20.8 Å². The van der Waals surface area contributed by atoms with Gasteiger partial charge in [-0.25, -0.2) is 4.79 Å². The molecule has 0 aromatic rings. The number of hydrogen-bond acceptors (Lipinski definition) is 3. The van der Waals surface area contributed by atoms with Crippen LogP contribution in [0.25, 0.3) is 0 Å². The summed E-state index contributed by atoms with van der Waals surface area (Å²) in [4.78, 5) is 12.0. The van der Waals surface area contributed by atoms with Gasteiger partial charge in [0, 0.05) is 30.4 Å². The van der Waals surface area contributed by atoms with Crippen molar-refractivity contribution in [3.8, 4) is 0 Å². The average molecular weight is 314 g/mol. The molecule has 1 heterocycles. The van der Waals surface area contributed by atoms with Crippen molar-refractivity contribution in [2.24, 2.45) is 11.8 Å². The van der Waals surface area contributed by atoms with Crippen LogP contribution in [0.2, 0.25) is 0 Å². The highest BCUT2D eigenvalue weighted by Crippen LogP contribution is 2.29. The molecule has 0 aromatic carbocycles. The second-order valence-electron chi connectivity index (χ2n) is 6.57. The van der Waals surface area contributed by atoms with E-state index in [9.17, 15) is 4.79 Å². The van der Waals surface area contributed by atoms with Gasteiger partial charge in [0.05, 0.1) is 6.10 Å². The lowest BCUT2D eigenvalue weighted by Crippen LogP contribution is -2.44. The number of amides is 2. The van der Waals surface area contributed by atoms with E-state index in [-0.39, 0.29) is 6.03 Å². The van der Waals surface area contributed by atoms with E-state index in [0.717, 1.165) is 37.7 Å². The molecule has 2 amide bonds. The molecule has 2 fully saturated rings. The average Bonchev–Trinajstić information content (AvgIpc) is 3.06. The van der Waals surface area contributed by atoms with Gasteiger partial charge in [0.25, 0.3) is 0 Å². The molecule has 1 aliphatic heterocycles. The third-order valence-electron chi connectivity index (χ3n) is 4.57. The number of hydrogen-bond donors (Lipinski definition) is 2. The van der Waals surface area contributed by atoms with Crippen LogP contribution in [0.15, 0.2) is 0 Å². The minimum absolute atomic E-state index is 0.00319. The standard InChI is InChI=1S/C16H30N2O2S/c1-4-21-14-6-5-13(9-14)18-16(19)17-10-12-7-8-20-15(12)11(2)3/h11-15H,4-10H2,1-3H3,(H2,17,18,19)/t12-,13-,14-,15+/m0/s1. The van der Waals surface area contributed by atoms with Crippen molar-refractivity contribution in [1.29, 1.82) is 0 Å². The molecule has 1 aliphatic carbocycles. The van der Waals surface area contributed by atoms with Crippen LogP contribution >= 0.6 is 11.8 Å². The van der Waals surface area contributed by atoms with Gasteiger partial charge in [0.1, 0.15) is 0 Å². The Morgan fingerprint density at radius 2 is 2.14 bits per heavy atom. The van der Waals surface area contributed by atoms with Gasteiger partial charge in [-0.15, -0.1) is 0 Å². The second kappa shape index (κ2) is 8.28. The van der Waals surface area contributed by atoms with Gasteiger partial charge in [0.15, 0.2) is 0 Å². The summed E-state index contributed by atoms with van der Waals surface area (Å²) < 4.78 is 5.76. The van der Waals surface area contributed by atoms with E-state index in [4.69, 9.17) is 4.74 Å². The summed E-state index contributed by atoms with van der Waals surface area (Å²) in [7, 11) is 0. The SMILES string of the molecule is CCS[C@H]1CC[C@H](NC(=O)NC[C@@H]2CCO[C@@H]2C(C)C)C1. The van der Waals surface area contributed by atoms with Crippen LogP contribution in [0.4, 0.5) is 4.79 Å². The highest BCUT2D eigenvalue weighted by Gasteiger charge is 2.31. The number of nitrogens with one attached hydrogen (secondary N) is 2. The molecule has 0 bridgehead atoms. The van der Waals surface area contributed by atoms with Crippen LogP contribution in [0.3, 0.4) is 0 Å². The van der Waals surface area contributed by atoms with E-state index < -0.39 is 0 Å². The van der Waals surface area contributed by atoms with Crippen molar-refractivity contribution in [3.05, 3.63) is 0 Å². The summed E-state index contributed by atoms with van der Waals surface area (Å²) >= 11 is 2.02. The maximum atomic E-state index is 12.0. The Kier molecular flexibility index (Phi) is 6.68.